The average Bonchev–Trinajstić information content (AvgIpc) is 3.63. The number of amides is 2. The molecule has 15 heteroatoms. The van der Waals surface area contributed by atoms with Gasteiger partial charge in [-0.25, -0.2) is 13.8 Å². The molecule has 52 heavy (non-hydrogen) atoms. The Morgan fingerprint density at radius 2 is 1.81 bits per heavy atom. The summed E-state index contributed by atoms with van der Waals surface area (Å²) in [6.45, 7) is 1.92. The second-order valence-corrected chi connectivity index (χ2v) is 13.2. The molecule has 3 N–H and O–H groups in total. The number of benzene rings is 2. The van der Waals surface area contributed by atoms with E-state index in [1.165, 1.54) is 19.9 Å². The Bertz CT molecular complexity index is 2280. The molecule has 7 rings (SSSR count). The lowest BCUT2D eigenvalue weighted by atomic mass is 9.84. The molecular formula is C37H26F7N5O3. The Kier molecular flexibility index (Phi) is 8.18. The van der Waals surface area contributed by atoms with E-state index in [0.29, 0.717) is 33.0 Å². The molecule has 0 spiro atoms. The smallest absolute Gasteiger partial charge is 0.378 e. The molecule has 0 bridgehead atoms. The predicted octanol–water partition coefficient (Wildman–Crippen LogP) is 5.53. The van der Waals surface area contributed by atoms with Crippen LogP contribution in [0.25, 0.3) is 11.1 Å². The summed E-state index contributed by atoms with van der Waals surface area (Å²) in [5.74, 6) is -0.282. The van der Waals surface area contributed by atoms with Crippen molar-refractivity contribution in [3.8, 4) is 34.8 Å². The van der Waals surface area contributed by atoms with Crippen LogP contribution in [0.3, 0.4) is 0 Å². The summed E-state index contributed by atoms with van der Waals surface area (Å²) in [4.78, 5) is 30.9. The largest absolute Gasteiger partial charge is 0.435 e. The fourth-order valence-electron chi connectivity index (χ4n) is 6.70. The number of rotatable bonds is 7. The molecule has 0 saturated carbocycles. The Hall–Kier alpha value is -5.67. The monoisotopic (exact) mass is 721 g/mol. The molecule has 8 nitrogen and oxygen atoms in total. The normalized spacial score (nSPS) is 18.5. The molecule has 3 heterocycles. The Balaban J connectivity index is 1.34. The van der Waals surface area contributed by atoms with Crippen LogP contribution in [0, 0.1) is 41.2 Å². The van der Waals surface area contributed by atoms with Crippen molar-refractivity contribution in [2.45, 2.75) is 63.0 Å². The van der Waals surface area contributed by atoms with Crippen LogP contribution in [-0.2, 0) is 36.4 Å². The van der Waals surface area contributed by atoms with Gasteiger partial charge in [0.25, 0.3) is 5.91 Å². The van der Waals surface area contributed by atoms with E-state index >= 15 is 8.78 Å². The molecule has 2 aromatic heterocycles. The van der Waals surface area contributed by atoms with Crippen molar-refractivity contribution in [2.75, 3.05) is 0 Å². The lowest BCUT2D eigenvalue weighted by Gasteiger charge is -2.24. The molecule has 2 aromatic carbocycles. The van der Waals surface area contributed by atoms with Crippen molar-refractivity contribution in [3.63, 3.8) is 0 Å². The van der Waals surface area contributed by atoms with Crippen LogP contribution in [-0.4, -0.2) is 37.3 Å². The number of hydrogen-bond donors (Lipinski definition) is 3. The lowest BCUT2D eigenvalue weighted by Crippen LogP contribution is -2.36. The third kappa shape index (κ3) is 6.26. The van der Waals surface area contributed by atoms with Crippen LogP contribution in [0.2, 0.25) is 0 Å². The Labute approximate surface area is 291 Å². The van der Waals surface area contributed by atoms with Gasteiger partial charge >= 0.3 is 12.1 Å². The number of pyridine rings is 1. The molecular weight excluding hydrogens is 695 g/mol. The topological polar surface area (TPSA) is 109 Å². The maximum atomic E-state index is 15.4. The molecule has 3 atom stereocenters. The molecule has 2 aliphatic carbocycles. The summed E-state index contributed by atoms with van der Waals surface area (Å²) in [6, 6.07) is 9.37. The minimum atomic E-state index is -5.12. The van der Waals surface area contributed by atoms with Gasteiger partial charge in [-0.1, -0.05) is 29.9 Å². The number of fused-ring (bicyclic) bond motifs is 4. The molecule has 0 saturated heterocycles. The molecule has 4 aromatic rings. The number of nitrogens with one attached hydrogen (secondary N) is 2. The summed E-state index contributed by atoms with van der Waals surface area (Å²) >= 11 is 0. The van der Waals surface area contributed by atoms with Gasteiger partial charge in [-0.2, -0.15) is 27.1 Å². The molecule has 3 aliphatic rings. The molecule has 266 valence electrons. The number of halogens is 7. The first-order chi connectivity index (χ1) is 24.4. The highest BCUT2D eigenvalue weighted by molar-refractivity contribution is 6.00. The second kappa shape index (κ2) is 12.2. The van der Waals surface area contributed by atoms with E-state index in [1.54, 1.807) is 24.3 Å². The number of carbonyl (C=O) groups excluding carboxylic acids is 2. The third-order valence-electron chi connectivity index (χ3n) is 8.88. The highest BCUT2D eigenvalue weighted by Crippen LogP contribution is 2.58. The van der Waals surface area contributed by atoms with Gasteiger partial charge in [0.2, 0.25) is 5.91 Å². The van der Waals surface area contributed by atoms with E-state index in [2.05, 4.69) is 44.4 Å². The van der Waals surface area contributed by atoms with E-state index in [1.807, 2.05) is 0 Å². The van der Waals surface area contributed by atoms with Gasteiger partial charge < -0.3 is 15.7 Å². The van der Waals surface area contributed by atoms with Crippen molar-refractivity contribution in [1.29, 1.82) is 0 Å². The third-order valence-corrected chi connectivity index (χ3v) is 8.88. The number of carbonyl (C=O) groups is 2. The van der Waals surface area contributed by atoms with Crippen molar-refractivity contribution in [1.82, 2.24) is 25.4 Å². The van der Waals surface area contributed by atoms with E-state index in [-0.39, 0.29) is 35.8 Å². The van der Waals surface area contributed by atoms with Crippen molar-refractivity contribution in [3.05, 3.63) is 105 Å². The van der Waals surface area contributed by atoms with Gasteiger partial charge in [-0.15, -0.1) is 0 Å². The van der Waals surface area contributed by atoms with E-state index in [0.717, 1.165) is 12.1 Å². The zero-order valence-corrected chi connectivity index (χ0v) is 27.2. The summed E-state index contributed by atoms with van der Waals surface area (Å²) in [5.41, 5.74) is -2.85. The summed E-state index contributed by atoms with van der Waals surface area (Å²) in [5, 5.41) is 19.0. The minimum Gasteiger partial charge on any atom is -0.378 e. The van der Waals surface area contributed by atoms with Crippen LogP contribution in [0.1, 0.15) is 75.6 Å². The molecule has 2 amide bonds. The maximum absolute atomic E-state index is 15.4. The van der Waals surface area contributed by atoms with Gasteiger partial charge in [-0.3, -0.25) is 14.3 Å². The fourth-order valence-corrected chi connectivity index (χ4v) is 6.70. The maximum Gasteiger partial charge on any atom is 0.435 e. The summed E-state index contributed by atoms with van der Waals surface area (Å²) in [7, 11) is 0. The number of alkyl halides is 5. The lowest BCUT2D eigenvalue weighted by molar-refractivity contribution is -0.142. The molecule has 3 unspecified atom stereocenters. The van der Waals surface area contributed by atoms with Gasteiger partial charge in [-0.05, 0) is 73.2 Å². The minimum absolute atomic E-state index is 0.0401. The molecule has 0 fully saturated rings. The van der Waals surface area contributed by atoms with E-state index in [9.17, 15) is 36.6 Å². The van der Waals surface area contributed by atoms with Gasteiger partial charge in [0.1, 0.15) is 41.1 Å². The van der Waals surface area contributed by atoms with Gasteiger partial charge in [0.15, 0.2) is 5.69 Å². The number of aliphatic hydroxyl groups is 1. The first-order valence-electron chi connectivity index (χ1n) is 15.9. The number of hydrogen-bond acceptors (Lipinski definition) is 5. The summed E-state index contributed by atoms with van der Waals surface area (Å²) < 4.78 is 102. The standard InChI is InChI=1S/C37H26F7N5O3/c1-35(2,52)11-10-21-6-7-23(22-4-3-5-24-26(22)16-45-34(24)51)31(46-21)28(14-18-12-19(38)15-20(39)13-18)47-29(50)17-49-33-30(32(48-49)37(42,43)44)25-8-9-27(25)36(33,40)41/h3-7,12-13,15,25,27-28,52H,14,16-17H2,1-2H3,(H,45,51)(H,47,50). The highest BCUT2D eigenvalue weighted by Gasteiger charge is 2.62. The average molecular weight is 722 g/mol. The van der Waals surface area contributed by atoms with Crippen LogP contribution in [0.5, 0.6) is 0 Å². The number of aromatic nitrogens is 3. The van der Waals surface area contributed by atoms with Gasteiger partial charge in [0, 0.05) is 29.3 Å². The van der Waals surface area contributed by atoms with Crippen LogP contribution < -0.4 is 10.6 Å². The van der Waals surface area contributed by atoms with Crippen LogP contribution in [0.4, 0.5) is 30.7 Å². The Morgan fingerprint density at radius 3 is 2.46 bits per heavy atom. The zero-order chi connectivity index (χ0) is 37.3. The van der Waals surface area contributed by atoms with Crippen LogP contribution >= 0.6 is 0 Å². The van der Waals surface area contributed by atoms with Gasteiger partial charge in [0.05, 0.1) is 17.7 Å². The predicted molar refractivity (Wildman–Crippen MR) is 170 cm³/mol. The SMILES string of the molecule is CC(C)(O)C#Cc1ccc(-c2cccc3c2CNC3=O)c(C(Cc2cc(F)cc(F)c2)NC(=O)Cn2nc(C(F)(F)F)c3c2C(F)(F)C2C#CC32)n1. The first-order valence-corrected chi connectivity index (χ1v) is 15.9. The molecule has 1 aliphatic heterocycles. The zero-order valence-electron chi connectivity index (χ0n) is 27.2. The molecule has 0 radical (unpaired) electrons. The summed E-state index contributed by atoms with van der Waals surface area (Å²) in [6.07, 6.45) is -5.46. The number of nitrogens with zero attached hydrogens (tertiary/aromatic N) is 3. The fraction of sp³-hybridized carbons (Fsp3) is 0.297. The van der Waals surface area contributed by atoms with Crippen LogP contribution in [0.15, 0.2) is 48.5 Å². The first kappa shape index (κ1) is 34.8. The van der Waals surface area contributed by atoms with Crippen molar-refractivity contribution in [2.24, 2.45) is 5.92 Å². The second-order valence-electron chi connectivity index (χ2n) is 13.2. The quantitative estimate of drug-likeness (QED) is 0.172. The highest BCUT2D eigenvalue weighted by atomic mass is 19.4. The van der Waals surface area contributed by atoms with Crippen molar-refractivity contribution >= 4 is 11.8 Å². The van der Waals surface area contributed by atoms with Crippen molar-refractivity contribution < 1.29 is 45.4 Å². The Morgan fingerprint density at radius 1 is 1.10 bits per heavy atom. The van der Waals surface area contributed by atoms with E-state index in [4.69, 9.17) is 0 Å². The van der Waals surface area contributed by atoms with E-state index < -0.39 is 76.6 Å².